The van der Waals surface area contributed by atoms with Crippen molar-refractivity contribution in [2.75, 3.05) is 26.2 Å². The Balaban J connectivity index is 1.89. The summed E-state index contributed by atoms with van der Waals surface area (Å²) < 4.78 is 5.40. The molecule has 2 aliphatic rings. The Hall–Kier alpha value is -0.810. The molecule has 0 radical (unpaired) electrons. The van der Waals surface area contributed by atoms with E-state index in [1.54, 1.807) is 0 Å². The van der Waals surface area contributed by atoms with E-state index < -0.39 is 5.60 Å². The number of nitrogens with zero attached hydrogens (tertiary/aromatic N) is 1. The molecule has 18 heavy (non-hydrogen) atoms. The highest BCUT2D eigenvalue weighted by molar-refractivity contribution is 5.68. The van der Waals surface area contributed by atoms with Gasteiger partial charge in [0.1, 0.15) is 5.60 Å². The number of nitrogens with two attached hydrogens (primary N) is 1. The average Bonchev–Trinajstić information content (AvgIpc) is 2.59. The van der Waals surface area contributed by atoms with E-state index in [9.17, 15) is 4.79 Å². The monoisotopic (exact) mass is 255 g/mol. The predicted octanol–water partition coefficient (Wildman–Crippen LogP) is 0.934. The number of piperidine rings is 1. The van der Waals surface area contributed by atoms with E-state index >= 15 is 0 Å². The van der Waals surface area contributed by atoms with E-state index in [2.05, 4.69) is 5.32 Å². The second-order valence-corrected chi connectivity index (χ2v) is 6.57. The van der Waals surface area contributed by atoms with E-state index in [1.807, 2.05) is 25.7 Å². The highest BCUT2D eigenvalue weighted by atomic mass is 16.6. The summed E-state index contributed by atoms with van der Waals surface area (Å²) in [5, 5.41) is 3.36. The van der Waals surface area contributed by atoms with Crippen LogP contribution in [0.15, 0.2) is 0 Å². The fourth-order valence-electron chi connectivity index (χ4n) is 2.83. The Morgan fingerprint density at radius 2 is 2.00 bits per heavy atom. The molecule has 1 unspecified atom stereocenters. The van der Waals surface area contributed by atoms with E-state index in [0.29, 0.717) is 0 Å². The van der Waals surface area contributed by atoms with Gasteiger partial charge >= 0.3 is 6.09 Å². The van der Waals surface area contributed by atoms with Gasteiger partial charge in [0, 0.05) is 37.6 Å². The van der Waals surface area contributed by atoms with Crippen LogP contribution in [-0.2, 0) is 4.74 Å². The van der Waals surface area contributed by atoms with Crippen LogP contribution < -0.4 is 11.1 Å². The quantitative estimate of drug-likeness (QED) is 0.676. The van der Waals surface area contributed by atoms with E-state index in [1.165, 1.54) is 0 Å². The molecule has 0 aromatic heterocycles. The van der Waals surface area contributed by atoms with E-state index in [-0.39, 0.29) is 17.6 Å². The van der Waals surface area contributed by atoms with Gasteiger partial charge in [-0.25, -0.2) is 4.79 Å². The molecule has 5 nitrogen and oxygen atoms in total. The number of rotatable bonds is 0. The van der Waals surface area contributed by atoms with Crippen molar-refractivity contribution in [1.29, 1.82) is 0 Å². The van der Waals surface area contributed by atoms with E-state index in [4.69, 9.17) is 10.5 Å². The number of likely N-dealkylation sites (tertiary alicyclic amines) is 1. The maximum atomic E-state index is 12.0. The van der Waals surface area contributed by atoms with E-state index in [0.717, 1.165) is 39.0 Å². The van der Waals surface area contributed by atoms with Gasteiger partial charge in [0.05, 0.1) is 0 Å². The summed E-state index contributed by atoms with van der Waals surface area (Å²) in [5.41, 5.74) is 5.94. The maximum absolute atomic E-state index is 12.0. The molecule has 0 saturated carbocycles. The summed E-state index contributed by atoms with van der Waals surface area (Å²) in [6.07, 6.45) is 1.75. The Labute approximate surface area is 109 Å². The lowest BCUT2D eigenvalue weighted by Gasteiger charge is -2.41. The van der Waals surface area contributed by atoms with Crippen molar-refractivity contribution >= 4 is 6.09 Å². The molecule has 0 aliphatic carbocycles. The summed E-state index contributed by atoms with van der Waals surface area (Å²) in [6, 6.07) is 0.221. The minimum atomic E-state index is -0.419. The first-order chi connectivity index (χ1) is 8.32. The van der Waals surface area contributed by atoms with Gasteiger partial charge in [-0.15, -0.1) is 0 Å². The van der Waals surface area contributed by atoms with Crippen LogP contribution >= 0.6 is 0 Å². The molecule has 104 valence electrons. The van der Waals surface area contributed by atoms with Crippen LogP contribution in [0.5, 0.6) is 0 Å². The third-order valence-corrected chi connectivity index (χ3v) is 4.04. The minimum absolute atomic E-state index is 0.193. The molecule has 2 rings (SSSR count). The molecular formula is C13H25N3O2. The van der Waals surface area contributed by atoms with Crippen LogP contribution in [0.3, 0.4) is 0 Å². The van der Waals surface area contributed by atoms with Crippen molar-refractivity contribution in [3.63, 3.8) is 0 Å². The zero-order valence-electron chi connectivity index (χ0n) is 11.7. The van der Waals surface area contributed by atoms with Gasteiger partial charge in [0.15, 0.2) is 0 Å². The third kappa shape index (κ3) is 2.78. The normalized spacial score (nSPS) is 27.6. The number of carbonyl (C=O) groups excluding carboxylic acids is 1. The van der Waals surface area contributed by atoms with Crippen LogP contribution in [0.25, 0.3) is 0 Å². The molecule has 0 bridgehead atoms. The SMILES string of the molecule is CC(C)(C)OC(=O)N1CCC2(CC1)CNCC2N. The van der Waals surface area contributed by atoms with Crippen LogP contribution in [0.2, 0.25) is 0 Å². The first-order valence-corrected chi connectivity index (χ1v) is 6.77. The zero-order chi connectivity index (χ0) is 13.4. The first-order valence-electron chi connectivity index (χ1n) is 6.77. The molecular weight excluding hydrogens is 230 g/mol. The predicted molar refractivity (Wildman–Crippen MR) is 70.3 cm³/mol. The van der Waals surface area contributed by atoms with Crippen LogP contribution in [0.4, 0.5) is 4.79 Å². The summed E-state index contributed by atoms with van der Waals surface area (Å²) in [7, 11) is 0. The average molecular weight is 255 g/mol. The molecule has 1 amide bonds. The van der Waals surface area contributed by atoms with Crippen LogP contribution in [-0.4, -0.2) is 48.8 Å². The molecule has 1 spiro atoms. The van der Waals surface area contributed by atoms with Crippen molar-refractivity contribution in [2.45, 2.75) is 45.3 Å². The smallest absolute Gasteiger partial charge is 0.410 e. The Morgan fingerprint density at radius 1 is 1.39 bits per heavy atom. The molecule has 1 atom stereocenters. The third-order valence-electron chi connectivity index (χ3n) is 4.04. The van der Waals surface area contributed by atoms with Crippen molar-refractivity contribution < 1.29 is 9.53 Å². The molecule has 3 N–H and O–H groups in total. The lowest BCUT2D eigenvalue weighted by atomic mass is 9.75. The highest BCUT2D eigenvalue weighted by Crippen LogP contribution is 2.36. The van der Waals surface area contributed by atoms with Crippen molar-refractivity contribution in [3.05, 3.63) is 0 Å². The summed E-state index contributed by atoms with van der Waals surface area (Å²) >= 11 is 0. The summed E-state index contributed by atoms with van der Waals surface area (Å²) in [6.45, 7) is 9.07. The Kier molecular flexibility index (Phi) is 3.56. The highest BCUT2D eigenvalue weighted by Gasteiger charge is 2.44. The Morgan fingerprint density at radius 3 is 2.44 bits per heavy atom. The van der Waals surface area contributed by atoms with Gasteiger partial charge < -0.3 is 20.7 Å². The lowest BCUT2D eigenvalue weighted by Crippen LogP contribution is -2.51. The second-order valence-electron chi connectivity index (χ2n) is 6.57. The number of nitrogens with one attached hydrogen (secondary N) is 1. The summed E-state index contributed by atoms with van der Waals surface area (Å²) in [5.74, 6) is 0. The zero-order valence-corrected chi connectivity index (χ0v) is 11.7. The number of ether oxygens (including phenoxy) is 1. The van der Waals surface area contributed by atoms with Gasteiger partial charge in [0.2, 0.25) is 0 Å². The van der Waals surface area contributed by atoms with Crippen LogP contribution in [0, 0.1) is 5.41 Å². The molecule has 2 saturated heterocycles. The van der Waals surface area contributed by atoms with Gasteiger partial charge in [-0.2, -0.15) is 0 Å². The molecule has 0 aromatic rings. The van der Waals surface area contributed by atoms with Crippen molar-refractivity contribution in [3.8, 4) is 0 Å². The number of carbonyl (C=O) groups is 1. The van der Waals surface area contributed by atoms with Gasteiger partial charge in [0.25, 0.3) is 0 Å². The number of hydrogen-bond acceptors (Lipinski definition) is 4. The molecule has 0 aromatic carbocycles. The maximum Gasteiger partial charge on any atom is 0.410 e. The summed E-state index contributed by atoms with van der Waals surface area (Å²) in [4.78, 5) is 13.8. The number of amides is 1. The second kappa shape index (κ2) is 4.70. The fourth-order valence-corrected chi connectivity index (χ4v) is 2.83. The van der Waals surface area contributed by atoms with Gasteiger partial charge in [-0.05, 0) is 33.6 Å². The number of hydrogen-bond donors (Lipinski definition) is 2. The van der Waals surface area contributed by atoms with Crippen molar-refractivity contribution in [1.82, 2.24) is 10.2 Å². The largest absolute Gasteiger partial charge is 0.444 e. The first kappa shape index (κ1) is 13.6. The van der Waals surface area contributed by atoms with Gasteiger partial charge in [-0.1, -0.05) is 0 Å². The van der Waals surface area contributed by atoms with Crippen molar-refractivity contribution in [2.24, 2.45) is 11.1 Å². The molecule has 2 heterocycles. The lowest BCUT2D eigenvalue weighted by molar-refractivity contribution is 0.0105. The standard InChI is InChI=1S/C13H25N3O2/c1-12(2,3)18-11(17)16-6-4-13(5-7-16)9-15-8-10(13)14/h10,15H,4-9,14H2,1-3H3. The molecule has 2 aliphatic heterocycles. The molecule has 5 heteroatoms. The van der Waals surface area contributed by atoms with Gasteiger partial charge in [-0.3, -0.25) is 0 Å². The molecule has 2 fully saturated rings. The fraction of sp³-hybridized carbons (Fsp3) is 0.923. The topological polar surface area (TPSA) is 67.6 Å². The minimum Gasteiger partial charge on any atom is -0.444 e. The van der Waals surface area contributed by atoms with Crippen LogP contribution in [0.1, 0.15) is 33.6 Å². The Bertz CT molecular complexity index is 317.